The van der Waals surface area contributed by atoms with E-state index >= 15 is 0 Å². The van der Waals surface area contributed by atoms with Gasteiger partial charge in [-0.25, -0.2) is 4.98 Å². The summed E-state index contributed by atoms with van der Waals surface area (Å²) in [5.74, 6) is 1.68. The SMILES string of the molecule is CCC1CCC(n2cncc2C2CCCC(C)N2)C1C. The minimum Gasteiger partial charge on any atom is -0.330 e. The smallest absolute Gasteiger partial charge is 0.0951 e. The maximum atomic E-state index is 4.48. The Bertz CT molecular complexity index is 439. The van der Waals surface area contributed by atoms with E-state index in [2.05, 4.69) is 48.2 Å². The standard InChI is InChI=1S/C17H29N3/c1-4-14-8-9-16(13(14)3)20-11-18-10-17(20)15-7-5-6-12(2)19-15/h10-16,19H,4-9H2,1-3H3. The number of hydrogen-bond acceptors (Lipinski definition) is 2. The number of piperidine rings is 1. The first-order chi connectivity index (χ1) is 9.70. The lowest BCUT2D eigenvalue weighted by Gasteiger charge is -2.31. The first-order valence-corrected chi connectivity index (χ1v) is 8.48. The predicted molar refractivity (Wildman–Crippen MR) is 82.6 cm³/mol. The summed E-state index contributed by atoms with van der Waals surface area (Å²) in [6.45, 7) is 7.08. The molecule has 1 saturated heterocycles. The Morgan fingerprint density at radius 3 is 2.80 bits per heavy atom. The quantitative estimate of drug-likeness (QED) is 0.900. The molecule has 1 aliphatic heterocycles. The van der Waals surface area contributed by atoms with E-state index in [9.17, 15) is 0 Å². The highest BCUT2D eigenvalue weighted by Crippen LogP contribution is 2.43. The molecule has 0 radical (unpaired) electrons. The van der Waals surface area contributed by atoms with Crippen molar-refractivity contribution in [2.24, 2.45) is 11.8 Å². The van der Waals surface area contributed by atoms with Crippen molar-refractivity contribution in [3.63, 3.8) is 0 Å². The Hall–Kier alpha value is -0.830. The normalized spacial score (nSPS) is 38.2. The summed E-state index contributed by atoms with van der Waals surface area (Å²) in [6.07, 6.45) is 12.1. The summed E-state index contributed by atoms with van der Waals surface area (Å²) in [6, 6.07) is 1.81. The van der Waals surface area contributed by atoms with Crippen LogP contribution in [0.1, 0.15) is 77.1 Å². The van der Waals surface area contributed by atoms with E-state index in [-0.39, 0.29) is 0 Å². The van der Waals surface area contributed by atoms with Crippen molar-refractivity contribution in [3.8, 4) is 0 Å². The van der Waals surface area contributed by atoms with E-state index in [1.54, 1.807) is 0 Å². The molecular formula is C17H29N3. The van der Waals surface area contributed by atoms with Gasteiger partial charge in [0, 0.05) is 24.3 Å². The largest absolute Gasteiger partial charge is 0.330 e. The van der Waals surface area contributed by atoms with Crippen LogP contribution in [0.3, 0.4) is 0 Å². The summed E-state index contributed by atoms with van der Waals surface area (Å²) in [5.41, 5.74) is 1.42. The van der Waals surface area contributed by atoms with Crippen LogP contribution >= 0.6 is 0 Å². The van der Waals surface area contributed by atoms with Crippen LogP contribution < -0.4 is 5.32 Å². The van der Waals surface area contributed by atoms with Crippen molar-refractivity contribution in [1.82, 2.24) is 14.9 Å². The molecular weight excluding hydrogens is 246 g/mol. The van der Waals surface area contributed by atoms with Crippen LogP contribution in [0.4, 0.5) is 0 Å². The average Bonchev–Trinajstić information content (AvgIpc) is 3.04. The third kappa shape index (κ3) is 2.52. The molecule has 3 nitrogen and oxygen atoms in total. The molecule has 5 atom stereocenters. The minimum atomic E-state index is 0.508. The molecule has 5 unspecified atom stereocenters. The van der Waals surface area contributed by atoms with Gasteiger partial charge in [-0.15, -0.1) is 0 Å². The first-order valence-electron chi connectivity index (χ1n) is 8.48. The van der Waals surface area contributed by atoms with E-state index in [1.807, 2.05) is 0 Å². The van der Waals surface area contributed by atoms with Gasteiger partial charge in [0.1, 0.15) is 0 Å². The van der Waals surface area contributed by atoms with Gasteiger partial charge < -0.3 is 9.88 Å². The van der Waals surface area contributed by atoms with Crippen molar-refractivity contribution in [1.29, 1.82) is 0 Å². The Morgan fingerprint density at radius 1 is 1.25 bits per heavy atom. The molecule has 3 rings (SSSR count). The summed E-state index contributed by atoms with van der Waals surface area (Å²) in [4.78, 5) is 4.48. The highest BCUT2D eigenvalue weighted by atomic mass is 15.1. The van der Waals surface area contributed by atoms with Crippen molar-refractivity contribution >= 4 is 0 Å². The maximum absolute atomic E-state index is 4.48. The zero-order chi connectivity index (χ0) is 14.1. The fraction of sp³-hybridized carbons (Fsp3) is 0.824. The number of hydrogen-bond donors (Lipinski definition) is 1. The van der Waals surface area contributed by atoms with Crippen molar-refractivity contribution in [3.05, 3.63) is 18.2 Å². The van der Waals surface area contributed by atoms with Crippen molar-refractivity contribution < 1.29 is 0 Å². The van der Waals surface area contributed by atoms with E-state index in [4.69, 9.17) is 0 Å². The van der Waals surface area contributed by atoms with Gasteiger partial charge in [-0.05, 0) is 50.9 Å². The first kappa shape index (κ1) is 14.1. The van der Waals surface area contributed by atoms with E-state index in [1.165, 1.54) is 44.2 Å². The lowest BCUT2D eigenvalue weighted by Crippen LogP contribution is -2.36. The van der Waals surface area contributed by atoms with Crippen molar-refractivity contribution in [2.75, 3.05) is 0 Å². The van der Waals surface area contributed by atoms with Gasteiger partial charge in [-0.1, -0.05) is 20.3 Å². The minimum absolute atomic E-state index is 0.508. The Labute approximate surface area is 123 Å². The second-order valence-electron chi connectivity index (χ2n) is 6.95. The summed E-state index contributed by atoms with van der Waals surface area (Å²) < 4.78 is 2.50. The van der Waals surface area contributed by atoms with E-state index in [0.717, 1.165) is 11.8 Å². The molecule has 0 aromatic carbocycles. The molecule has 0 bridgehead atoms. The van der Waals surface area contributed by atoms with Crippen LogP contribution in [0.15, 0.2) is 12.5 Å². The van der Waals surface area contributed by atoms with Crippen LogP contribution in [0.2, 0.25) is 0 Å². The Morgan fingerprint density at radius 2 is 2.10 bits per heavy atom. The van der Waals surface area contributed by atoms with Gasteiger partial charge in [0.25, 0.3) is 0 Å². The molecule has 1 saturated carbocycles. The van der Waals surface area contributed by atoms with E-state index in [0.29, 0.717) is 18.1 Å². The number of aromatic nitrogens is 2. The maximum Gasteiger partial charge on any atom is 0.0951 e. The third-order valence-electron chi connectivity index (χ3n) is 5.73. The van der Waals surface area contributed by atoms with Crippen LogP contribution in [-0.2, 0) is 0 Å². The molecule has 20 heavy (non-hydrogen) atoms. The zero-order valence-electron chi connectivity index (χ0n) is 13.2. The average molecular weight is 275 g/mol. The van der Waals surface area contributed by atoms with Gasteiger partial charge in [-0.2, -0.15) is 0 Å². The molecule has 3 heteroatoms. The number of nitrogens with one attached hydrogen (secondary N) is 1. The van der Waals surface area contributed by atoms with Gasteiger partial charge in [-0.3, -0.25) is 0 Å². The predicted octanol–water partition coefficient (Wildman–Crippen LogP) is 4.08. The topological polar surface area (TPSA) is 29.9 Å². The highest BCUT2D eigenvalue weighted by molar-refractivity contribution is 5.10. The lowest BCUT2D eigenvalue weighted by atomic mass is 9.92. The van der Waals surface area contributed by atoms with Gasteiger partial charge >= 0.3 is 0 Å². The molecule has 2 heterocycles. The summed E-state index contributed by atoms with van der Waals surface area (Å²) in [7, 11) is 0. The molecule has 1 aromatic rings. The second-order valence-corrected chi connectivity index (χ2v) is 6.95. The fourth-order valence-corrected chi connectivity index (χ4v) is 4.43. The van der Waals surface area contributed by atoms with Crippen LogP contribution in [0.5, 0.6) is 0 Å². The number of rotatable bonds is 3. The summed E-state index contributed by atoms with van der Waals surface area (Å²) >= 11 is 0. The molecule has 2 aliphatic rings. The molecule has 1 aliphatic carbocycles. The second kappa shape index (κ2) is 5.88. The van der Waals surface area contributed by atoms with Crippen molar-refractivity contribution in [2.45, 2.75) is 77.4 Å². The Kier molecular flexibility index (Phi) is 4.16. The number of imidazole rings is 1. The molecule has 1 N–H and O–H groups in total. The number of nitrogens with zero attached hydrogens (tertiary/aromatic N) is 2. The monoisotopic (exact) mass is 275 g/mol. The summed E-state index contributed by atoms with van der Waals surface area (Å²) in [5, 5.41) is 3.76. The van der Waals surface area contributed by atoms with E-state index < -0.39 is 0 Å². The van der Waals surface area contributed by atoms with Gasteiger partial charge in [0.2, 0.25) is 0 Å². The molecule has 0 amide bonds. The van der Waals surface area contributed by atoms with Crippen LogP contribution in [0, 0.1) is 11.8 Å². The van der Waals surface area contributed by atoms with Gasteiger partial charge in [0.15, 0.2) is 0 Å². The molecule has 1 aromatic heterocycles. The molecule has 2 fully saturated rings. The lowest BCUT2D eigenvalue weighted by molar-refractivity contribution is 0.294. The highest BCUT2D eigenvalue weighted by Gasteiger charge is 2.34. The molecule has 112 valence electrons. The van der Waals surface area contributed by atoms with Crippen LogP contribution in [0.25, 0.3) is 0 Å². The van der Waals surface area contributed by atoms with Gasteiger partial charge in [0.05, 0.1) is 12.0 Å². The fourth-order valence-electron chi connectivity index (χ4n) is 4.43. The Balaban J connectivity index is 1.80. The molecule has 0 spiro atoms. The van der Waals surface area contributed by atoms with Crippen LogP contribution in [-0.4, -0.2) is 15.6 Å². The zero-order valence-corrected chi connectivity index (χ0v) is 13.2. The third-order valence-corrected chi connectivity index (χ3v) is 5.73.